The second-order valence-electron chi connectivity index (χ2n) is 3.75. The minimum Gasteiger partial charge on any atom is -0.463 e. The fraction of sp³-hybridized carbons (Fsp3) is 0.0769. The summed E-state index contributed by atoms with van der Waals surface area (Å²) in [6, 6.07) is 6.98. The first-order valence-corrected chi connectivity index (χ1v) is 6.22. The summed E-state index contributed by atoms with van der Waals surface area (Å²) in [5.74, 6) is 1.45. The Kier molecular flexibility index (Phi) is 2.60. The molecule has 3 rings (SSSR count). The van der Waals surface area contributed by atoms with Crippen molar-refractivity contribution in [2.75, 3.05) is 0 Å². The Labute approximate surface area is 107 Å². The molecule has 0 saturated carbocycles. The van der Waals surface area contributed by atoms with Crippen LogP contribution in [-0.2, 0) is 0 Å². The highest BCUT2D eigenvalue weighted by Crippen LogP contribution is 2.28. The van der Waals surface area contributed by atoms with E-state index in [1.807, 2.05) is 0 Å². The van der Waals surface area contributed by atoms with Crippen molar-refractivity contribution in [1.82, 2.24) is 4.98 Å². The molecule has 0 radical (unpaired) electrons. The molecule has 0 N–H and O–H groups in total. The molecule has 3 heterocycles. The Hall–Kier alpha value is -2.14. The van der Waals surface area contributed by atoms with E-state index in [1.165, 1.54) is 11.3 Å². The SMILES string of the molecule is Cc1ccc(C(=O)c2scnc2-c2ccco2)o1. The highest BCUT2D eigenvalue weighted by atomic mass is 32.1. The average molecular weight is 259 g/mol. The van der Waals surface area contributed by atoms with Gasteiger partial charge in [-0.15, -0.1) is 11.3 Å². The van der Waals surface area contributed by atoms with E-state index in [2.05, 4.69) is 4.98 Å². The van der Waals surface area contributed by atoms with E-state index in [-0.39, 0.29) is 5.78 Å². The molecule has 0 unspecified atom stereocenters. The highest BCUT2D eigenvalue weighted by molar-refractivity contribution is 7.12. The first kappa shape index (κ1) is 11.0. The summed E-state index contributed by atoms with van der Waals surface area (Å²) in [7, 11) is 0. The van der Waals surface area contributed by atoms with Crippen molar-refractivity contribution in [1.29, 1.82) is 0 Å². The van der Waals surface area contributed by atoms with Crippen LogP contribution in [0.3, 0.4) is 0 Å². The van der Waals surface area contributed by atoms with Crippen LogP contribution in [-0.4, -0.2) is 10.8 Å². The molecule has 0 spiro atoms. The molecule has 3 aromatic rings. The van der Waals surface area contributed by atoms with Gasteiger partial charge in [0.25, 0.3) is 0 Å². The lowest BCUT2D eigenvalue weighted by Crippen LogP contribution is -1.98. The van der Waals surface area contributed by atoms with Crippen LogP contribution in [0.15, 0.2) is 44.9 Å². The molecule has 0 aliphatic carbocycles. The third-order valence-corrected chi connectivity index (χ3v) is 3.32. The number of rotatable bonds is 3. The number of nitrogens with zero attached hydrogens (tertiary/aromatic N) is 1. The van der Waals surface area contributed by atoms with Crippen molar-refractivity contribution in [2.45, 2.75) is 6.92 Å². The molecule has 18 heavy (non-hydrogen) atoms. The third-order valence-electron chi connectivity index (χ3n) is 2.49. The quantitative estimate of drug-likeness (QED) is 0.675. The number of furan rings is 2. The molecule has 90 valence electrons. The summed E-state index contributed by atoms with van der Waals surface area (Å²) in [5, 5.41) is 0. The van der Waals surface area contributed by atoms with Crippen LogP contribution in [0.5, 0.6) is 0 Å². The van der Waals surface area contributed by atoms with Gasteiger partial charge < -0.3 is 8.83 Å². The van der Waals surface area contributed by atoms with Crippen molar-refractivity contribution < 1.29 is 13.6 Å². The zero-order valence-corrected chi connectivity index (χ0v) is 10.4. The summed E-state index contributed by atoms with van der Waals surface area (Å²) < 4.78 is 10.6. The van der Waals surface area contributed by atoms with Gasteiger partial charge in [-0.25, -0.2) is 4.98 Å². The number of hydrogen-bond donors (Lipinski definition) is 0. The van der Waals surface area contributed by atoms with Crippen molar-refractivity contribution in [3.05, 3.63) is 52.4 Å². The molecule has 0 atom stereocenters. The Morgan fingerprint density at radius 2 is 2.22 bits per heavy atom. The molecule has 5 heteroatoms. The molecule has 0 aliphatic heterocycles. The van der Waals surface area contributed by atoms with Crippen LogP contribution < -0.4 is 0 Å². The molecule has 0 bridgehead atoms. The topological polar surface area (TPSA) is 56.2 Å². The Bertz CT molecular complexity index is 679. The maximum atomic E-state index is 12.3. The molecule has 4 nitrogen and oxygen atoms in total. The van der Waals surface area contributed by atoms with Crippen LogP contribution in [0.25, 0.3) is 11.5 Å². The summed E-state index contributed by atoms with van der Waals surface area (Å²) >= 11 is 1.28. The Morgan fingerprint density at radius 3 is 2.89 bits per heavy atom. The smallest absolute Gasteiger partial charge is 0.240 e. The lowest BCUT2D eigenvalue weighted by molar-refractivity contribution is 0.101. The van der Waals surface area contributed by atoms with E-state index in [4.69, 9.17) is 8.83 Å². The van der Waals surface area contributed by atoms with Gasteiger partial charge >= 0.3 is 0 Å². The molecule has 0 aromatic carbocycles. The molecular weight excluding hydrogens is 250 g/mol. The first-order valence-electron chi connectivity index (χ1n) is 5.34. The average Bonchev–Trinajstić information content (AvgIpc) is 3.08. The fourth-order valence-electron chi connectivity index (χ4n) is 1.66. The predicted octanol–water partition coefficient (Wildman–Crippen LogP) is 3.54. The van der Waals surface area contributed by atoms with Crippen molar-refractivity contribution in [3.63, 3.8) is 0 Å². The van der Waals surface area contributed by atoms with Gasteiger partial charge in [-0.1, -0.05) is 0 Å². The fourth-order valence-corrected chi connectivity index (χ4v) is 2.40. The summed E-state index contributed by atoms with van der Waals surface area (Å²) in [4.78, 5) is 17.0. The van der Waals surface area contributed by atoms with E-state index >= 15 is 0 Å². The van der Waals surface area contributed by atoms with E-state index in [0.29, 0.717) is 27.9 Å². The first-order chi connectivity index (χ1) is 8.75. The minimum atomic E-state index is -0.169. The van der Waals surface area contributed by atoms with Gasteiger partial charge in [-0.05, 0) is 31.2 Å². The molecule has 3 aromatic heterocycles. The molecule has 0 aliphatic rings. The van der Waals surface area contributed by atoms with Gasteiger partial charge in [0.2, 0.25) is 5.78 Å². The lowest BCUT2D eigenvalue weighted by Gasteiger charge is -1.96. The highest BCUT2D eigenvalue weighted by Gasteiger charge is 2.21. The summed E-state index contributed by atoms with van der Waals surface area (Å²) in [6.07, 6.45) is 1.56. The lowest BCUT2D eigenvalue weighted by atomic mass is 10.2. The third kappa shape index (κ3) is 1.78. The summed E-state index contributed by atoms with van der Waals surface area (Å²) in [5.41, 5.74) is 2.19. The number of thiazole rings is 1. The van der Waals surface area contributed by atoms with Crippen LogP contribution in [0, 0.1) is 6.92 Å². The van der Waals surface area contributed by atoms with Crippen molar-refractivity contribution in [3.8, 4) is 11.5 Å². The van der Waals surface area contributed by atoms with Crippen LogP contribution in [0.4, 0.5) is 0 Å². The number of carbonyl (C=O) groups is 1. The predicted molar refractivity (Wildman–Crippen MR) is 66.7 cm³/mol. The minimum absolute atomic E-state index is 0.169. The van der Waals surface area contributed by atoms with Gasteiger partial charge in [-0.3, -0.25) is 4.79 Å². The standard InChI is InChI=1S/C13H9NO3S/c1-8-4-5-10(17-8)12(15)13-11(14-7-18-13)9-3-2-6-16-9/h2-7H,1H3. The monoisotopic (exact) mass is 259 g/mol. The zero-order valence-electron chi connectivity index (χ0n) is 9.54. The molecular formula is C13H9NO3S. The van der Waals surface area contributed by atoms with E-state index in [9.17, 15) is 4.79 Å². The van der Waals surface area contributed by atoms with Crippen molar-refractivity contribution >= 4 is 17.1 Å². The van der Waals surface area contributed by atoms with Gasteiger partial charge in [0, 0.05) is 0 Å². The number of ketones is 1. The second kappa shape index (κ2) is 4.27. The van der Waals surface area contributed by atoms with Crippen LogP contribution >= 0.6 is 11.3 Å². The number of carbonyl (C=O) groups excluding carboxylic acids is 1. The van der Waals surface area contributed by atoms with Gasteiger partial charge in [0.15, 0.2) is 11.5 Å². The maximum absolute atomic E-state index is 12.3. The molecule has 0 amide bonds. The van der Waals surface area contributed by atoms with Crippen LogP contribution in [0.2, 0.25) is 0 Å². The summed E-state index contributed by atoms with van der Waals surface area (Å²) in [6.45, 7) is 1.80. The Balaban J connectivity index is 2.03. The van der Waals surface area contributed by atoms with E-state index in [1.54, 1.807) is 43.0 Å². The van der Waals surface area contributed by atoms with Crippen molar-refractivity contribution in [2.24, 2.45) is 0 Å². The van der Waals surface area contributed by atoms with E-state index < -0.39 is 0 Å². The molecule has 0 fully saturated rings. The van der Waals surface area contributed by atoms with E-state index in [0.717, 1.165) is 0 Å². The normalized spacial score (nSPS) is 10.7. The van der Waals surface area contributed by atoms with Gasteiger partial charge in [0.1, 0.15) is 16.3 Å². The largest absolute Gasteiger partial charge is 0.463 e. The van der Waals surface area contributed by atoms with Gasteiger partial charge in [-0.2, -0.15) is 0 Å². The number of hydrogen-bond acceptors (Lipinski definition) is 5. The second-order valence-corrected chi connectivity index (χ2v) is 4.60. The zero-order chi connectivity index (χ0) is 12.5. The van der Waals surface area contributed by atoms with Crippen LogP contribution in [0.1, 0.15) is 21.2 Å². The van der Waals surface area contributed by atoms with Gasteiger partial charge in [0.05, 0.1) is 11.8 Å². The number of aryl methyl sites for hydroxylation is 1. The number of aromatic nitrogens is 1. The Morgan fingerprint density at radius 1 is 1.33 bits per heavy atom. The molecule has 0 saturated heterocycles. The maximum Gasteiger partial charge on any atom is 0.240 e.